The monoisotopic (exact) mass is 367 g/mol. The number of ether oxygens (including phenoxy) is 1. The van der Waals surface area contributed by atoms with Crippen molar-refractivity contribution < 1.29 is 9.53 Å². The standard InChI is InChI=1S/C22H29N3O2/c1-18(2)17-27-21-10-6-7-19(15-21)16-23-22(26)25-13-11-24(12-14-25)20-8-4-3-5-9-20/h3-10,15,18H,11-14,16-17H2,1-2H3,(H,23,26). The summed E-state index contributed by atoms with van der Waals surface area (Å²) in [5.74, 6) is 1.34. The quantitative estimate of drug-likeness (QED) is 0.846. The van der Waals surface area contributed by atoms with Gasteiger partial charge in [-0.15, -0.1) is 0 Å². The number of piperazine rings is 1. The molecule has 0 atom stereocenters. The highest BCUT2D eigenvalue weighted by Crippen LogP contribution is 2.16. The minimum Gasteiger partial charge on any atom is -0.493 e. The molecule has 1 N–H and O–H groups in total. The lowest BCUT2D eigenvalue weighted by molar-refractivity contribution is 0.194. The first-order valence-electron chi connectivity index (χ1n) is 9.66. The van der Waals surface area contributed by atoms with Gasteiger partial charge in [-0.25, -0.2) is 4.79 Å². The second-order valence-corrected chi connectivity index (χ2v) is 7.32. The summed E-state index contributed by atoms with van der Waals surface area (Å²) in [6, 6.07) is 18.3. The molecule has 5 nitrogen and oxygen atoms in total. The first-order valence-corrected chi connectivity index (χ1v) is 9.66. The van der Waals surface area contributed by atoms with E-state index in [9.17, 15) is 4.79 Å². The van der Waals surface area contributed by atoms with Crippen molar-refractivity contribution in [1.82, 2.24) is 10.2 Å². The number of rotatable bonds is 6. The fourth-order valence-corrected chi connectivity index (χ4v) is 3.10. The summed E-state index contributed by atoms with van der Waals surface area (Å²) in [6.45, 7) is 8.64. The van der Waals surface area contributed by atoms with E-state index in [2.05, 4.69) is 36.2 Å². The topological polar surface area (TPSA) is 44.8 Å². The molecule has 0 radical (unpaired) electrons. The van der Waals surface area contributed by atoms with Gasteiger partial charge in [-0.05, 0) is 35.7 Å². The fourth-order valence-electron chi connectivity index (χ4n) is 3.10. The average molecular weight is 367 g/mol. The molecule has 0 saturated carbocycles. The van der Waals surface area contributed by atoms with Gasteiger partial charge in [0.05, 0.1) is 6.61 Å². The first-order chi connectivity index (χ1) is 13.1. The third-order valence-electron chi connectivity index (χ3n) is 4.61. The Kier molecular flexibility index (Phi) is 6.58. The molecule has 2 aromatic carbocycles. The van der Waals surface area contributed by atoms with Gasteiger partial charge in [0, 0.05) is 38.4 Å². The van der Waals surface area contributed by atoms with E-state index in [-0.39, 0.29) is 6.03 Å². The van der Waals surface area contributed by atoms with Crippen LogP contribution in [0.2, 0.25) is 0 Å². The Bertz CT molecular complexity index is 725. The molecular weight excluding hydrogens is 338 g/mol. The maximum absolute atomic E-state index is 12.5. The summed E-state index contributed by atoms with van der Waals surface area (Å²) in [5.41, 5.74) is 2.27. The van der Waals surface area contributed by atoms with E-state index in [0.29, 0.717) is 19.1 Å². The lowest BCUT2D eigenvalue weighted by Gasteiger charge is -2.36. The Morgan fingerprint density at radius 1 is 1.04 bits per heavy atom. The van der Waals surface area contributed by atoms with Crippen LogP contribution in [0.3, 0.4) is 0 Å². The molecule has 144 valence electrons. The number of amides is 2. The molecule has 5 heteroatoms. The zero-order valence-corrected chi connectivity index (χ0v) is 16.2. The van der Waals surface area contributed by atoms with Gasteiger partial charge in [-0.2, -0.15) is 0 Å². The molecular formula is C22H29N3O2. The maximum Gasteiger partial charge on any atom is 0.317 e. The van der Waals surface area contributed by atoms with Gasteiger partial charge in [-0.1, -0.05) is 44.2 Å². The highest BCUT2D eigenvalue weighted by molar-refractivity contribution is 5.74. The number of hydrogen-bond acceptors (Lipinski definition) is 3. The Morgan fingerprint density at radius 2 is 1.78 bits per heavy atom. The second kappa shape index (κ2) is 9.31. The summed E-state index contributed by atoms with van der Waals surface area (Å²) < 4.78 is 5.76. The van der Waals surface area contributed by atoms with Crippen molar-refractivity contribution in [3.8, 4) is 5.75 Å². The number of nitrogens with one attached hydrogen (secondary N) is 1. The van der Waals surface area contributed by atoms with Gasteiger partial charge in [0.25, 0.3) is 0 Å². The number of hydrogen-bond donors (Lipinski definition) is 1. The molecule has 1 aliphatic heterocycles. The van der Waals surface area contributed by atoms with E-state index < -0.39 is 0 Å². The van der Waals surface area contributed by atoms with Gasteiger partial charge in [0.1, 0.15) is 5.75 Å². The smallest absolute Gasteiger partial charge is 0.317 e. The molecule has 2 aromatic rings. The van der Waals surface area contributed by atoms with Gasteiger partial charge < -0.3 is 19.9 Å². The Hall–Kier alpha value is -2.69. The minimum atomic E-state index is -0.00351. The van der Waals surface area contributed by atoms with Crippen LogP contribution < -0.4 is 15.0 Å². The number of urea groups is 1. The lowest BCUT2D eigenvalue weighted by Crippen LogP contribution is -2.51. The number of benzene rings is 2. The lowest BCUT2D eigenvalue weighted by atomic mass is 10.2. The molecule has 0 aromatic heterocycles. The highest BCUT2D eigenvalue weighted by Gasteiger charge is 2.20. The van der Waals surface area contributed by atoms with Crippen LogP contribution in [0.1, 0.15) is 19.4 Å². The summed E-state index contributed by atoms with van der Waals surface area (Å²) in [7, 11) is 0. The summed E-state index contributed by atoms with van der Waals surface area (Å²) in [4.78, 5) is 16.7. The second-order valence-electron chi connectivity index (χ2n) is 7.32. The summed E-state index contributed by atoms with van der Waals surface area (Å²) >= 11 is 0. The van der Waals surface area contributed by atoms with Crippen LogP contribution in [0, 0.1) is 5.92 Å². The van der Waals surface area contributed by atoms with E-state index >= 15 is 0 Å². The predicted octanol–water partition coefficient (Wildman–Crippen LogP) is 3.75. The predicted molar refractivity (Wildman–Crippen MR) is 109 cm³/mol. The van der Waals surface area contributed by atoms with Crippen molar-refractivity contribution in [3.63, 3.8) is 0 Å². The maximum atomic E-state index is 12.5. The Balaban J connectivity index is 1.45. The van der Waals surface area contributed by atoms with E-state index in [1.54, 1.807) is 0 Å². The molecule has 0 spiro atoms. The van der Waals surface area contributed by atoms with E-state index in [1.807, 2.05) is 47.4 Å². The van der Waals surface area contributed by atoms with Crippen LogP contribution >= 0.6 is 0 Å². The van der Waals surface area contributed by atoms with Gasteiger partial charge in [-0.3, -0.25) is 0 Å². The molecule has 3 rings (SSSR count). The fraction of sp³-hybridized carbons (Fsp3) is 0.409. The zero-order chi connectivity index (χ0) is 19.1. The SMILES string of the molecule is CC(C)COc1cccc(CNC(=O)N2CCN(c3ccccc3)CC2)c1. The molecule has 1 heterocycles. The van der Waals surface area contributed by atoms with Crippen molar-refractivity contribution >= 4 is 11.7 Å². The number of carbonyl (C=O) groups is 1. The van der Waals surface area contributed by atoms with Crippen LogP contribution in [0.25, 0.3) is 0 Å². The molecule has 0 bridgehead atoms. The van der Waals surface area contributed by atoms with Crippen LogP contribution in [0.4, 0.5) is 10.5 Å². The largest absolute Gasteiger partial charge is 0.493 e. The van der Waals surface area contributed by atoms with Crippen LogP contribution in [0.5, 0.6) is 5.75 Å². The molecule has 0 aliphatic carbocycles. The molecule has 1 saturated heterocycles. The molecule has 2 amide bonds. The molecule has 1 fully saturated rings. The van der Waals surface area contributed by atoms with Gasteiger partial charge in [0.15, 0.2) is 0 Å². The van der Waals surface area contributed by atoms with E-state index in [1.165, 1.54) is 5.69 Å². The van der Waals surface area contributed by atoms with Crippen LogP contribution in [-0.2, 0) is 6.54 Å². The zero-order valence-electron chi connectivity index (χ0n) is 16.2. The number of carbonyl (C=O) groups excluding carboxylic acids is 1. The van der Waals surface area contributed by atoms with E-state index in [4.69, 9.17) is 4.74 Å². The van der Waals surface area contributed by atoms with Crippen molar-refractivity contribution in [2.75, 3.05) is 37.7 Å². The number of para-hydroxylation sites is 1. The molecule has 1 aliphatic rings. The number of nitrogens with zero attached hydrogens (tertiary/aromatic N) is 2. The molecule has 27 heavy (non-hydrogen) atoms. The Labute approximate surface area is 161 Å². The normalized spacial score (nSPS) is 14.3. The van der Waals surface area contributed by atoms with E-state index in [0.717, 1.165) is 37.5 Å². The van der Waals surface area contributed by atoms with Crippen LogP contribution in [0.15, 0.2) is 54.6 Å². The summed E-state index contributed by atoms with van der Waals surface area (Å²) in [5, 5.41) is 3.03. The third-order valence-corrected chi connectivity index (χ3v) is 4.61. The van der Waals surface area contributed by atoms with Crippen LogP contribution in [-0.4, -0.2) is 43.7 Å². The van der Waals surface area contributed by atoms with Crippen molar-refractivity contribution in [2.24, 2.45) is 5.92 Å². The van der Waals surface area contributed by atoms with Crippen molar-refractivity contribution in [1.29, 1.82) is 0 Å². The first kappa shape index (κ1) is 19.1. The van der Waals surface area contributed by atoms with Crippen molar-refractivity contribution in [3.05, 3.63) is 60.2 Å². The van der Waals surface area contributed by atoms with Crippen molar-refractivity contribution in [2.45, 2.75) is 20.4 Å². The van der Waals surface area contributed by atoms with Gasteiger partial charge >= 0.3 is 6.03 Å². The summed E-state index contributed by atoms with van der Waals surface area (Å²) in [6.07, 6.45) is 0. The van der Waals surface area contributed by atoms with Gasteiger partial charge in [0.2, 0.25) is 0 Å². The number of anilines is 1. The third kappa shape index (κ3) is 5.64. The highest BCUT2D eigenvalue weighted by atomic mass is 16.5. The Morgan fingerprint density at radius 3 is 2.48 bits per heavy atom. The molecule has 0 unspecified atom stereocenters. The minimum absolute atomic E-state index is 0.00351. The average Bonchev–Trinajstić information content (AvgIpc) is 2.71.